The first-order chi connectivity index (χ1) is 14.8. The van der Waals surface area contributed by atoms with Gasteiger partial charge in [-0.05, 0) is 73.5 Å². The van der Waals surface area contributed by atoms with Gasteiger partial charge in [0, 0.05) is 27.9 Å². The van der Waals surface area contributed by atoms with Crippen molar-refractivity contribution in [1.29, 1.82) is 0 Å². The van der Waals surface area contributed by atoms with Crippen LogP contribution in [0.4, 0.5) is 0 Å². The lowest BCUT2D eigenvalue weighted by molar-refractivity contribution is -0.137. The number of fused-ring (bicyclic) bond motifs is 3. The molecule has 4 atom stereocenters. The molecule has 0 spiro atoms. The Morgan fingerprint density at radius 2 is 2.06 bits per heavy atom. The Morgan fingerprint density at radius 3 is 2.81 bits per heavy atom. The number of phenols is 1. The molecule has 1 amide bonds. The number of hydrogen-bond acceptors (Lipinski definition) is 4. The Balaban J connectivity index is 1.45. The molecule has 5 nitrogen and oxygen atoms in total. The number of unbranched alkanes of at least 4 members (excludes halogenated alkanes) is 1. The monoisotopic (exact) mass is 441 g/mol. The summed E-state index contributed by atoms with van der Waals surface area (Å²) in [6.45, 7) is 4.70. The highest BCUT2D eigenvalue weighted by atomic mass is 32.1. The van der Waals surface area contributed by atoms with Crippen LogP contribution in [0.1, 0.15) is 62.7 Å². The van der Waals surface area contributed by atoms with Crippen molar-refractivity contribution in [3.63, 3.8) is 0 Å². The van der Waals surface area contributed by atoms with Crippen LogP contribution in [0.2, 0.25) is 0 Å². The van der Waals surface area contributed by atoms with Gasteiger partial charge in [0.25, 0.3) is 5.91 Å². The van der Waals surface area contributed by atoms with Gasteiger partial charge < -0.3 is 15.5 Å². The number of carboxylic acids is 1. The van der Waals surface area contributed by atoms with Gasteiger partial charge in [-0.25, -0.2) is 0 Å². The van der Waals surface area contributed by atoms with E-state index in [0.29, 0.717) is 35.2 Å². The lowest BCUT2D eigenvalue weighted by Gasteiger charge is -2.62. The summed E-state index contributed by atoms with van der Waals surface area (Å²) in [5.74, 6) is 0.978. The van der Waals surface area contributed by atoms with E-state index in [2.05, 4.69) is 31.3 Å². The molecule has 5 rings (SSSR count). The SMILES string of the molecule is CC1(C)[C@H]2C[C@H](NC(=O)c3csc4ccc(O)cc34)[C@@H](C/C=C\CCCC(=O)O)[C@@H]1C2. The molecular formula is C25H31NO4S. The van der Waals surface area contributed by atoms with Crippen molar-refractivity contribution in [3.8, 4) is 5.75 Å². The van der Waals surface area contributed by atoms with Crippen LogP contribution in [0.25, 0.3) is 10.1 Å². The first-order valence-electron chi connectivity index (χ1n) is 11.1. The Kier molecular flexibility index (Phi) is 6.11. The van der Waals surface area contributed by atoms with Crippen molar-refractivity contribution < 1.29 is 19.8 Å². The average molecular weight is 442 g/mol. The topological polar surface area (TPSA) is 86.6 Å². The molecule has 6 heteroatoms. The van der Waals surface area contributed by atoms with Crippen molar-refractivity contribution in [3.05, 3.63) is 41.3 Å². The number of carbonyl (C=O) groups excluding carboxylic acids is 1. The number of thiophene rings is 1. The smallest absolute Gasteiger partial charge is 0.303 e. The van der Waals surface area contributed by atoms with Gasteiger partial charge in [-0.2, -0.15) is 0 Å². The maximum Gasteiger partial charge on any atom is 0.303 e. The Bertz CT molecular complexity index is 1010. The number of allylic oxidation sites excluding steroid dienone is 2. The Labute approximate surface area is 187 Å². The minimum absolute atomic E-state index is 0.0589. The molecule has 1 aromatic carbocycles. The molecule has 1 aromatic heterocycles. The number of rotatable bonds is 8. The quantitative estimate of drug-likeness (QED) is 0.368. The molecule has 3 aliphatic carbocycles. The summed E-state index contributed by atoms with van der Waals surface area (Å²) in [7, 11) is 0. The van der Waals surface area contributed by atoms with E-state index in [-0.39, 0.29) is 24.1 Å². The summed E-state index contributed by atoms with van der Waals surface area (Å²) in [5, 5.41) is 24.6. The average Bonchev–Trinajstić information content (AvgIpc) is 3.13. The number of phenolic OH excluding ortho intramolecular Hbond substituents is 1. The van der Waals surface area contributed by atoms with E-state index in [1.54, 1.807) is 12.1 Å². The molecule has 31 heavy (non-hydrogen) atoms. The first-order valence-corrected chi connectivity index (χ1v) is 12.0. The zero-order chi connectivity index (χ0) is 22.2. The van der Waals surface area contributed by atoms with Gasteiger partial charge in [-0.3, -0.25) is 9.59 Å². The second-order valence-electron chi connectivity index (χ2n) is 9.66. The van der Waals surface area contributed by atoms with Crippen LogP contribution in [0.5, 0.6) is 5.75 Å². The Morgan fingerprint density at radius 1 is 1.26 bits per heavy atom. The van der Waals surface area contributed by atoms with Gasteiger partial charge in [0.1, 0.15) is 5.75 Å². The molecule has 1 heterocycles. The van der Waals surface area contributed by atoms with E-state index >= 15 is 0 Å². The second kappa shape index (κ2) is 8.65. The van der Waals surface area contributed by atoms with E-state index in [1.807, 2.05) is 11.4 Å². The molecule has 3 saturated carbocycles. The van der Waals surface area contributed by atoms with Crippen molar-refractivity contribution in [2.75, 3.05) is 0 Å². The van der Waals surface area contributed by atoms with E-state index in [1.165, 1.54) is 17.8 Å². The molecule has 0 saturated heterocycles. The van der Waals surface area contributed by atoms with Crippen molar-refractivity contribution in [2.45, 2.75) is 58.4 Å². The molecule has 3 aliphatic rings. The number of aromatic hydroxyl groups is 1. The van der Waals surface area contributed by atoms with E-state index < -0.39 is 5.97 Å². The summed E-state index contributed by atoms with van der Waals surface area (Å²) in [4.78, 5) is 23.8. The normalized spacial score (nSPS) is 26.6. The number of hydrogen-bond donors (Lipinski definition) is 3. The zero-order valence-corrected chi connectivity index (χ0v) is 19.0. The fourth-order valence-corrected chi connectivity index (χ4v) is 6.54. The van der Waals surface area contributed by atoms with Crippen LogP contribution >= 0.6 is 11.3 Å². The summed E-state index contributed by atoms with van der Waals surface area (Å²) in [5.41, 5.74) is 0.946. The van der Waals surface area contributed by atoms with Crippen LogP contribution in [0, 0.1) is 23.2 Å². The third kappa shape index (κ3) is 4.36. The van der Waals surface area contributed by atoms with E-state index in [9.17, 15) is 14.7 Å². The standard InChI is InChI=1S/C25H31NO4S/c1-25(2)15-11-20(25)17(7-5-3-4-6-8-23(28)29)21(12-15)26-24(30)19-14-31-22-10-9-16(27)13-18(19)22/h3,5,9-10,13-15,17,20-21,27H,4,6-8,11-12H2,1-2H3,(H,26,30)(H,28,29)/b5-3-/t15-,17+,20+,21+/m1/s1. The molecule has 166 valence electrons. The molecule has 3 fully saturated rings. The van der Waals surface area contributed by atoms with Crippen LogP contribution in [-0.2, 0) is 4.79 Å². The molecular weight excluding hydrogens is 410 g/mol. The third-order valence-corrected chi connectivity index (χ3v) is 8.54. The lowest BCUT2D eigenvalue weighted by Crippen LogP contribution is -2.61. The van der Waals surface area contributed by atoms with E-state index in [0.717, 1.165) is 29.3 Å². The highest BCUT2D eigenvalue weighted by Gasteiger charge is 2.57. The predicted molar refractivity (Wildman–Crippen MR) is 123 cm³/mol. The van der Waals surface area contributed by atoms with Crippen molar-refractivity contribution >= 4 is 33.3 Å². The van der Waals surface area contributed by atoms with Gasteiger partial charge >= 0.3 is 5.97 Å². The largest absolute Gasteiger partial charge is 0.508 e. The fourth-order valence-electron chi connectivity index (χ4n) is 5.62. The molecule has 3 N–H and O–H groups in total. The highest BCUT2D eigenvalue weighted by Crippen LogP contribution is 2.62. The van der Waals surface area contributed by atoms with Crippen LogP contribution in [0.15, 0.2) is 35.7 Å². The summed E-state index contributed by atoms with van der Waals surface area (Å²) < 4.78 is 0.997. The van der Waals surface area contributed by atoms with Crippen LogP contribution in [-0.4, -0.2) is 28.1 Å². The first kappa shape index (κ1) is 21.9. The summed E-state index contributed by atoms with van der Waals surface area (Å²) in [6, 6.07) is 5.30. The molecule has 2 aromatic rings. The van der Waals surface area contributed by atoms with Gasteiger partial charge in [-0.1, -0.05) is 26.0 Å². The number of benzene rings is 1. The van der Waals surface area contributed by atoms with Crippen LogP contribution in [0.3, 0.4) is 0 Å². The summed E-state index contributed by atoms with van der Waals surface area (Å²) in [6.07, 6.45) is 9.04. The van der Waals surface area contributed by atoms with Gasteiger partial charge in [0.15, 0.2) is 0 Å². The summed E-state index contributed by atoms with van der Waals surface area (Å²) >= 11 is 1.52. The van der Waals surface area contributed by atoms with Crippen molar-refractivity contribution in [2.24, 2.45) is 23.2 Å². The molecule has 2 bridgehead atoms. The third-order valence-electron chi connectivity index (χ3n) is 7.57. The zero-order valence-electron chi connectivity index (χ0n) is 18.1. The molecule has 0 radical (unpaired) electrons. The number of amides is 1. The minimum atomic E-state index is -0.750. The second-order valence-corrected chi connectivity index (χ2v) is 10.6. The maximum absolute atomic E-state index is 13.1. The number of aliphatic carboxylic acids is 1. The Hall–Kier alpha value is -2.34. The molecule has 0 unspecified atom stereocenters. The fraction of sp³-hybridized carbons (Fsp3) is 0.520. The molecule has 0 aliphatic heterocycles. The van der Waals surface area contributed by atoms with Crippen LogP contribution < -0.4 is 5.32 Å². The lowest BCUT2D eigenvalue weighted by atomic mass is 9.44. The predicted octanol–water partition coefficient (Wildman–Crippen LogP) is 5.59. The number of carbonyl (C=O) groups is 2. The maximum atomic E-state index is 13.1. The number of nitrogens with one attached hydrogen (secondary N) is 1. The van der Waals surface area contributed by atoms with E-state index in [4.69, 9.17) is 5.11 Å². The van der Waals surface area contributed by atoms with Gasteiger partial charge in [-0.15, -0.1) is 11.3 Å². The van der Waals surface area contributed by atoms with Crippen molar-refractivity contribution in [1.82, 2.24) is 5.32 Å². The van der Waals surface area contributed by atoms with Gasteiger partial charge in [0.05, 0.1) is 5.56 Å². The number of carboxylic acid groups (broad SMARTS) is 1. The highest BCUT2D eigenvalue weighted by molar-refractivity contribution is 7.17. The minimum Gasteiger partial charge on any atom is -0.508 e. The van der Waals surface area contributed by atoms with Gasteiger partial charge in [0.2, 0.25) is 0 Å².